The third kappa shape index (κ3) is 3.66. The Morgan fingerprint density at radius 1 is 1.28 bits per heavy atom. The van der Waals surface area contributed by atoms with E-state index in [1.807, 2.05) is 0 Å². The van der Waals surface area contributed by atoms with Crippen LogP contribution in [0, 0.1) is 17.7 Å². The lowest BCUT2D eigenvalue weighted by molar-refractivity contribution is -0.141. The van der Waals surface area contributed by atoms with Crippen LogP contribution < -0.4 is 5.32 Å². The van der Waals surface area contributed by atoms with Crippen LogP contribution in [0.2, 0.25) is 0 Å². The van der Waals surface area contributed by atoms with Crippen LogP contribution in [0.25, 0.3) is 0 Å². The number of carbonyl (C=O) groups excluding carboxylic acids is 2. The zero-order valence-corrected chi connectivity index (χ0v) is 14.0. The van der Waals surface area contributed by atoms with E-state index in [9.17, 15) is 14.0 Å². The van der Waals surface area contributed by atoms with Crippen LogP contribution in [0.4, 0.5) is 4.39 Å². The summed E-state index contributed by atoms with van der Waals surface area (Å²) >= 11 is 0. The van der Waals surface area contributed by atoms with Gasteiger partial charge in [0.05, 0.1) is 24.6 Å². The van der Waals surface area contributed by atoms with Crippen molar-refractivity contribution in [2.45, 2.75) is 37.8 Å². The Hall–Kier alpha value is -2.02. The van der Waals surface area contributed by atoms with Crippen molar-refractivity contribution in [3.8, 4) is 0 Å². The van der Waals surface area contributed by atoms with Gasteiger partial charge in [-0.05, 0) is 31.4 Å². The van der Waals surface area contributed by atoms with Crippen LogP contribution in [0.3, 0.4) is 0 Å². The molecule has 25 heavy (non-hydrogen) atoms. The van der Waals surface area contributed by atoms with Crippen molar-refractivity contribution in [1.29, 1.82) is 0 Å². The van der Waals surface area contributed by atoms with Crippen molar-refractivity contribution in [1.82, 2.24) is 15.2 Å². The fourth-order valence-electron chi connectivity index (χ4n) is 3.77. The minimum Gasteiger partial charge on any atom is -0.376 e. The number of ether oxygens (including phenoxy) is 1. The van der Waals surface area contributed by atoms with Gasteiger partial charge in [-0.25, -0.2) is 4.39 Å². The number of halogens is 1. The first kappa shape index (κ1) is 16.4. The molecule has 3 heterocycles. The molecule has 2 saturated heterocycles. The smallest absolute Gasteiger partial charge is 0.228 e. The molecule has 0 radical (unpaired) electrons. The molecule has 1 aromatic rings. The van der Waals surface area contributed by atoms with E-state index >= 15 is 0 Å². The number of piperidine rings is 1. The second kappa shape index (κ2) is 6.71. The highest BCUT2D eigenvalue weighted by molar-refractivity contribution is 5.83. The van der Waals surface area contributed by atoms with Crippen molar-refractivity contribution >= 4 is 11.8 Å². The maximum Gasteiger partial charge on any atom is 0.228 e. The molecule has 0 aromatic carbocycles. The zero-order chi connectivity index (χ0) is 17.4. The Bertz CT molecular complexity index is 662. The third-order valence-corrected chi connectivity index (χ3v) is 5.33. The molecule has 0 unspecified atom stereocenters. The molecule has 2 amide bonds. The van der Waals surface area contributed by atoms with Crippen molar-refractivity contribution in [2.24, 2.45) is 11.8 Å². The van der Waals surface area contributed by atoms with E-state index in [4.69, 9.17) is 4.74 Å². The van der Waals surface area contributed by atoms with E-state index in [-0.39, 0.29) is 36.2 Å². The highest BCUT2D eigenvalue weighted by atomic mass is 19.1. The first-order chi connectivity index (χ1) is 12.1. The van der Waals surface area contributed by atoms with Gasteiger partial charge in [-0.3, -0.25) is 14.6 Å². The predicted molar refractivity (Wildman–Crippen MR) is 87.0 cm³/mol. The fraction of sp³-hybridized carbons (Fsp3) is 0.611. The maximum atomic E-state index is 13.0. The Balaban J connectivity index is 1.44. The van der Waals surface area contributed by atoms with E-state index in [1.165, 1.54) is 12.1 Å². The lowest BCUT2D eigenvalue weighted by Crippen LogP contribution is -2.54. The van der Waals surface area contributed by atoms with E-state index < -0.39 is 5.82 Å². The van der Waals surface area contributed by atoms with Crippen molar-refractivity contribution in [3.05, 3.63) is 29.8 Å². The second-order valence-corrected chi connectivity index (χ2v) is 7.19. The van der Waals surface area contributed by atoms with E-state index in [1.54, 1.807) is 4.90 Å². The maximum absolute atomic E-state index is 13.0. The van der Waals surface area contributed by atoms with E-state index in [2.05, 4.69) is 10.3 Å². The number of pyridine rings is 1. The Morgan fingerprint density at radius 3 is 2.84 bits per heavy atom. The molecule has 7 heteroatoms. The van der Waals surface area contributed by atoms with Gasteiger partial charge in [-0.1, -0.05) is 0 Å². The van der Waals surface area contributed by atoms with Gasteiger partial charge in [0.15, 0.2) is 0 Å². The number of amides is 2. The molecule has 3 fully saturated rings. The molecule has 1 aromatic heterocycles. The summed E-state index contributed by atoms with van der Waals surface area (Å²) in [6, 6.07) is 3.12. The number of hydrogen-bond acceptors (Lipinski definition) is 4. The van der Waals surface area contributed by atoms with Crippen LogP contribution >= 0.6 is 0 Å². The summed E-state index contributed by atoms with van der Waals surface area (Å²) < 4.78 is 18.7. The van der Waals surface area contributed by atoms with Crippen molar-refractivity contribution in [2.75, 3.05) is 19.7 Å². The molecule has 1 aliphatic carbocycles. The second-order valence-electron chi connectivity index (χ2n) is 7.19. The number of fused-ring (bicyclic) bond motifs is 1. The summed E-state index contributed by atoms with van der Waals surface area (Å²) in [6.45, 7) is 1.57. The van der Waals surface area contributed by atoms with E-state index in [0.717, 1.165) is 25.5 Å². The molecule has 0 spiro atoms. The van der Waals surface area contributed by atoms with E-state index in [0.29, 0.717) is 31.4 Å². The normalized spacial score (nSPS) is 28.5. The van der Waals surface area contributed by atoms with Gasteiger partial charge in [0, 0.05) is 37.4 Å². The third-order valence-electron chi connectivity index (χ3n) is 5.33. The average molecular weight is 347 g/mol. The van der Waals surface area contributed by atoms with Crippen LogP contribution in [0.5, 0.6) is 0 Å². The standard InChI is InChI=1S/C18H22FN3O3/c19-11-1-2-13(20-8-11)7-17(23)22-9-15(18(24)21-12-3-4-12)14-5-6-25-16(14)10-22/h1-2,8,12,14-16H,3-7,9-10H2,(H,21,24)/t14-,15+,16+/m0/s1. The molecule has 1 saturated carbocycles. The Kier molecular flexibility index (Phi) is 4.41. The summed E-state index contributed by atoms with van der Waals surface area (Å²) in [5.74, 6) is -0.510. The molecular formula is C18H22FN3O3. The highest BCUT2D eigenvalue weighted by Gasteiger charge is 2.45. The molecule has 3 aliphatic rings. The van der Waals surface area contributed by atoms with Crippen LogP contribution in [-0.2, 0) is 20.7 Å². The Labute approximate surface area is 145 Å². The number of hydrogen-bond donors (Lipinski definition) is 1. The summed E-state index contributed by atoms with van der Waals surface area (Å²) in [7, 11) is 0. The van der Waals surface area contributed by atoms with Gasteiger partial charge in [0.2, 0.25) is 11.8 Å². The largest absolute Gasteiger partial charge is 0.376 e. The minimum atomic E-state index is -0.423. The number of carbonyl (C=O) groups is 2. The van der Waals surface area contributed by atoms with Crippen LogP contribution in [0.1, 0.15) is 25.0 Å². The van der Waals surface area contributed by atoms with Gasteiger partial charge in [-0.2, -0.15) is 0 Å². The van der Waals surface area contributed by atoms with Gasteiger partial charge < -0.3 is 15.0 Å². The number of aromatic nitrogens is 1. The SMILES string of the molecule is O=C(NC1CC1)[C@@H]1CN(C(=O)Cc2ccc(F)cn2)C[C@H]2OCC[C@H]21. The number of nitrogens with zero attached hydrogens (tertiary/aromatic N) is 2. The molecule has 6 nitrogen and oxygen atoms in total. The predicted octanol–water partition coefficient (Wildman–Crippen LogP) is 0.905. The molecule has 2 aliphatic heterocycles. The monoisotopic (exact) mass is 347 g/mol. The number of likely N-dealkylation sites (tertiary alicyclic amines) is 1. The lowest BCUT2D eigenvalue weighted by Gasteiger charge is -2.39. The molecular weight excluding hydrogens is 325 g/mol. The molecule has 134 valence electrons. The minimum absolute atomic E-state index is 0.0420. The van der Waals surface area contributed by atoms with Gasteiger partial charge in [0.25, 0.3) is 0 Å². The molecule has 3 atom stereocenters. The first-order valence-electron chi connectivity index (χ1n) is 8.90. The highest BCUT2D eigenvalue weighted by Crippen LogP contribution is 2.34. The summed E-state index contributed by atoms with van der Waals surface area (Å²) in [4.78, 5) is 30.9. The average Bonchev–Trinajstić information content (AvgIpc) is 3.29. The summed E-state index contributed by atoms with van der Waals surface area (Å²) in [5.41, 5.74) is 0.528. The van der Waals surface area contributed by atoms with Gasteiger partial charge in [-0.15, -0.1) is 0 Å². The summed E-state index contributed by atoms with van der Waals surface area (Å²) in [6.07, 6.45) is 4.10. The molecule has 4 rings (SSSR count). The topological polar surface area (TPSA) is 71.5 Å². The van der Waals surface area contributed by atoms with Crippen LogP contribution in [0.15, 0.2) is 18.3 Å². The summed E-state index contributed by atoms with van der Waals surface area (Å²) in [5, 5.41) is 3.07. The van der Waals surface area contributed by atoms with Gasteiger partial charge >= 0.3 is 0 Å². The van der Waals surface area contributed by atoms with Crippen LogP contribution in [-0.4, -0.2) is 53.5 Å². The quantitative estimate of drug-likeness (QED) is 0.879. The fourth-order valence-corrected chi connectivity index (χ4v) is 3.77. The first-order valence-corrected chi connectivity index (χ1v) is 8.90. The van der Waals surface area contributed by atoms with Crippen molar-refractivity contribution < 1.29 is 18.7 Å². The molecule has 0 bridgehead atoms. The van der Waals surface area contributed by atoms with Gasteiger partial charge in [0.1, 0.15) is 5.82 Å². The Morgan fingerprint density at radius 2 is 2.12 bits per heavy atom. The number of rotatable bonds is 4. The number of nitrogens with one attached hydrogen (secondary N) is 1. The zero-order valence-electron chi connectivity index (χ0n) is 14.0. The van der Waals surface area contributed by atoms with Crippen molar-refractivity contribution in [3.63, 3.8) is 0 Å². The lowest BCUT2D eigenvalue weighted by atomic mass is 9.82. The molecule has 1 N–H and O–H groups in total.